The van der Waals surface area contributed by atoms with Gasteiger partial charge in [-0.25, -0.2) is 0 Å². The summed E-state index contributed by atoms with van der Waals surface area (Å²) in [6.45, 7) is 4.10. The highest BCUT2D eigenvalue weighted by Gasteiger charge is 2.19. The Labute approximate surface area is 153 Å². The van der Waals surface area contributed by atoms with Crippen molar-refractivity contribution in [3.8, 4) is 0 Å². The van der Waals surface area contributed by atoms with Gasteiger partial charge in [-0.2, -0.15) is 4.98 Å². The zero-order valence-corrected chi connectivity index (χ0v) is 14.8. The molecule has 2 aromatic carbocycles. The van der Waals surface area contributed by atoms with E-state index in [4.69, 9.17) is 0 Å². The zero-order chi connectivity index (χ0) is 17.8. The quantitative estimate of drug-likeness (QED) is 0.743. The number of aromatic amines is 1. The van der Waals surface area contributed by atoms with Crippen molar-refractivity contribution >= 4 is 16.9 Å². The lowest BCUT2D eigenvalue weighted by molar-refractivity contribution is 0.182. The van der Waals surface area contributed by atoms with E-state index in [1.54, 1.807) is 6.07 Å². The van der Waals surface area contributed by atoms with Gasteiger partial charge in [0.05, 0.1) is 10.9 Å². The third kappa shape index (κ3) is 3.94. The van der Waals surface area contributed by atoms with Crippen molar-refractivity contribution in [1.82, 2.24) is 14.9 Å². The normalized spacial score (nSPS) is 16.0. The Morgan fingerprint density at radius 3 is 2.58 bits per heavy atom. The average Bonchev–Trinajstić information content (AvgIpc) is 2.68. The maximum atomic E-state index is 12.1. The summed E-state index contributed by atoms with van der Waals surface area (Å²) in [5.41, 5.74) is 2.02. The lowest BCUT2D eigenvalue weighted by Crippen LogP contribution is -2.35. The minimum atomic E-state index is -0.181. The number of hydrogen-bond donors (Lipinski definition) is 2. The maximum Gasteiger partial charge on any atom is 0.282 e. The van der Waals surface area contributed by atoms with Crippen LogP contribution in [0, 0.1) is 5.92 Å². The second-order valence-corrected chi connectivity index (χ2v) is 7.02. The summed E-state index contributed by atoms with van der Waals surface area (Å²) in [4.78, 5) is 21.9. The highest BCUT2D eigenvalue weighted by Crippen LogP contribution is 2.19. The molecule has 0 saturated carbocycles. The molecule has 0 radical (unpaired) electrons. The van der Waals surface area contributed by atoms with E-state index in [1.807, 2.05) is 18.2 Å². The Bertz CT molecular complexity index is 914. The summed E-state index contributed by atoms with van der Waals surface area (Å²) in [6.07, 6.45) is 2.33. The molecule has 0 bridgehead atoms. The van der Waals surface area contributed by atoms with Gasteiger partial charge in [-0.3, -0.25) is 9.69 Å². The molecule has 4 rings (SSSR count). The highest BCUT2D eigenvalue weighted by atomic mass is 16.1. The van der Waals surface area contributed by atoms with Gasteiger partial charge in [0.25, 0.3) is 5.56 Å². The molecular formula is C21H24N4O. The van der Waals surface area contributed by atoms with Crippen LogP contribution in [0.5, 0.6) is 0 Å². The number of para-hydroxylation sites is 1. The van der Waals surface area contributed by atoms with Gasteiger partial charge in [0.1, 0.15) is 0 Å². The maximum absolute atomic E-state index is 12.1. The number of rotatable bonds is 5. The molecule has 1 aliphatic heterocycles. The minimum absolute atomic E-state index is 0.181. The average molecular weight is 348 g/mol. The number of fused-ring (bicyclic) bond motifs is 1. The molecule has 1 fully saturated rings. The van der Waals surface area contributed by atoms with Crippen molar-refractivity contribution in [3.63, 3.8) is 0 Å². The van der Waals surface area contributed by atoms with Crippen molar-refractivity contribution in [2.75, 3.05) is 25.0 Å². The first kappa shape index (κ1) is 16.8. The second-order valence-electron chi connectivity index (χ2n) is 7.02. The number of hydrogen-bond acceptors (Lipinski definition) is 4. The van der Waals surface area contributed by atoms with E-state index in [-0.39, 0.29) is 5.56 Å². The van der Waals surface area contributed by atoms with Crippen LogP contribution in [0.4, 0.5) is 5.95 Å². The van der Waals surface area contributed by atoms with Gasteiger partial charge in [-0.1, -0.05) is 42.5 Å². The van der Waals surface area contributed by atoms with E-state index in [2.05, 4.69) is 50.5 Å². The third-order valence-electron chi connectivity index (χ3n) is 5.14. The molecule has 26 heavy (non-hydrogen) atoms. The smallest absolute Gasteiger partial charge is 0.282 e. The van der Waals surface area contributed by atoms with E-state index >= 15 is 0 Å². The Morgan fingerprint density at radius 2 is 1.77 bits per heavy atom. The summed E-state index contributed by atoms with van der Waals surface area (Å²) >= 11 is 0. The highest BCUT2D eigenvalue weighted by molar-refractivity contribution is 5.78. The van der Waals surface area contributed by atoms with Crippen LogP contribution in [0.1, 0.15) is 18.4 Å². The fraction of sp³-hybridized carbons (Fsp3) is 0.333. The van der Waals surface area contributed by atoms with Gasteiger partial charge in [-0.05, 0) is 49.5 Å². The molecule has 1 aliphatic rings. The topological polar surface area (TPSA) is 61.0 Å². The van der Waals surface area contributed by atoms with Gasteiger partial charge < -0.3 is 10.3 Å². The first-order chi connectivity index (χ1) is 12.8. The van der Waals surface area contributed by atoms with Gasteiger partial charge in [0, 0.05) is 13.1 Å². The molecule has 0 spiro atoms. The number of aromatic nitrogens is 2. The number of H-pyrrole nitrogens is 1. The molecule has 0 amide bonds. The SMILES string of the molecule is O=c1nc(NCC2CCN(Cc3ccccc3)CC2)[nH]c2ccccc12. The number of piperidine rings is 1. The Balaban J connectivity index is 1.30. The molecule has 3 aromatic rings. The molecule has 2 heterocycles. The Hall–Kier alpha value is -2.66. The summed E-state index contributed by atoms with van der Waals surface area (Å²) in [5, 5.41) is 3.96. The van der Waals surface area contributed by atoms with E-state index < -0.39 is 0 Å². The van der Waals surface area contributed by atoms with Gasteiger partial charge >= 0.3 is 0 Å². The third-order valence-corrected chi connectivity index (χ3v) is 5.14. The lowest BCUT2D eigenvalue weighted by Gasteiger charge is -2.32. The van der Waals surface area contributed by atoms with Crippen LogP contribution in [0.3, 0.4) is 0 Å². The number of nitrogens with one attached hydrogen (secondary N) is 2. The molecule has 0 aliphatic carbocycles. The molecule has 1 aromatic heterocycles. The van der Waals surface area contributed by atoms with Gasteiger partial charge in [0.15, 0.2) is 0 Å². The van der Waals surface area contributed by atoms with Crippen molar-refractivity contribution in [2.45, 2.75) is 19.4 Å². The van der Waals surface area contributed by atoms with E-state index in [1.165, 1.54) is 5.56 Å². The largest absolute Gasteiger partial charge is 0.355 e. The Kier molecular flexibility index (Phi) is 4.97. The second kappa shape index (κ2) is 7.70. The zero-order valence-electron chi connectivity index (χ0n) is 14.8. The fourth-order valence-electron chi connectivity index (χ4n) is 3.61. The van der Waals surface area contributed by atoms with Crippen molar-refractivity contribution in [1.29, 1.82) is 0 Å². The molecule has 0 unspecified atom stereocenters. The van der Waals surface area contributed by atoms with Crippen molar-refractivity contribution < 1.29 is 0 Å². The minimum Gasteiger partial charge on any atom is -0.355 e. The number of anilines is 1. The van der Waals surface area contributed by atoms with E-state index in [0.29, 0.717) is 17.3 Å². The molecule has 5 heteroatoms. The molecule has 0 atom stereocenters. The van der Waals surface area contributed by atoms with Crippen LogP contribution in [0.15, 0.2) is 59.4 Å². The summed E-state index contributed by atoms with van der Waals surface area (Å²) in [6, 6.07) is 18.1. The first-order valence-electron chi connectivity index (χ1n) is 9.27. The molecule has 134 valence electrons. The van der Waals surface area contributed by atoms with Crippen LogP contribution < -0.4 is 10.9 Å². The molecule has 2 N–H and O–H groups in total. The van der Waals surface area contributed by atoms with E-state index in [0.717, 1.165) is 44.5 Å². The first-order valence-corrected chi connectivity index (χ1v) is 9.27. The summed E-state index contributed by atoms with van der Waals surface area (Å²) in [7, 11) is 0. The summed E-state index contributed by atoms with van der Waals surface area (Å²) < 4.78 is 0. The summed E-state index contributed by atoms with van der Waals surface area (Å²) in [5.74, 6) is 1.18. The van der Waals surface area contributed by atoms with Crippen LogP contribution in [0.2, 0.25) is 0 Å². The Morgan fingerprint density at radius 1 is 1.04 bits per heavy atom. The lowest BCUT2D eigenvalue weighted by atomic mass is 9.96. The van der Waals surface area contributed by atoms with Crippen LogP contribution in [-0.2, 0) is 6.54 Å². The number of benzene rings is 2. The molecule has 5 nitrogen and oxygen atoms in total. The number of likely N-dealkylation sites (tertiary alicyclic amines) is 1. The monoisotopic (exact) mass is 348 g/mol. The van der Waals surface area contributed by atoms with Gasteiger partial charge in [0.2, 0.25) is 5.95 Å². The van der Waals surface area contributed by atoms with Crippen LogP contribution in [0.25, 0.3) is 10.9 Å². The van der Waals surface area contributed by atoms with Crippen LogP contribution in [-0.4, -0.2) is 34.5 Å². The van der Waals surface area contributed by atoms with Crippen molar-refractivity contribution in [3.05, 3.63) is 70.5 Å². The van der Waals surface area contributed by atoms with E-state index in [9.17, 15) is 4.79 Å². The predicted octanol–water partition coefficient (Wildman–Crippen LogP) is 3.25. The van der Waals surface area contributed by atoms with Crippen molar-refractivity contribution in [2.24, 2.45) is 5.92 Å². The number of nitrogens with zero attached hydrogens (tertiary/aromatic N) is 2. The molecule has 1 saturated heterocycles. The standard InChI is InChI=1S/C21H24N4O/c26-20-18-8-4-5-9-19(18)23-21(24-20)22-14-16-10-12-25(13-11-16)15-17-6-2-1-3-7-17/h1-9,16H,10-15H2,(H2,22,23,24,26). The molecular weight excluding hydrogens is 324 g/mol. The fourth-order valence-corrected chi connectivity index (χ4v) is 3.61. The predicted molar refractivity (Wildman–Crippen MR) is 105 cm³/mol. The van der Waals surface area contributed by atoms with Crippen LogP contribution >= 0.6 is 0 Å². The van der Waals surface area contributed by atoms with Gasteiger partial charge in [-0.15, -0.1) is 0 Å².